The zero-order chi connectivity index (χ0) is 28.6. The zero-order valence-electron chi connectivity index (χ0n) is 25.1. The Morgan fingerprint density at radius 3 is 2.54 bits per heavy atom. The van der Waals surface area contributed by atoms with E-state index in [9.17, 15) is 14.7 Å². The highest BCUT2D eigenvalue weighted by Crippen LogP contribution is 2.43. The summed E-state index contributed by atoms with van der Waals surface area (Å²) < 4.78 is 5.70. The van der Waals surface area contributed by atoms with E-state index < -0.39 is 11.9 Å². The predicted molar refractivity (Wildman–Crippen MR) is 157 cm³/mol. The number of unbranched alkanes of at least 4 members (excludes halogenated alkanes) is 2. The lowest BCUT2D eigenvalue weighted by molar-refractivity contribution is -0.144. The van der Waals surface area contributed by atoms with E-state index in [1.165, 1.54) is 0 Å². The summed E-state index contributed by atoms with van der Waals surface area (Å²) in [5.74, 6) is -0.500. The van der Waals surface area contributed by atoms with Crippen LogP contribution < -0.4 is 4.74 Å². The van der Waals surface area contributed by atoms with Gasteiger partial charge in [0.25, 0.3) is 0 Å². The number of carboxylic acids is 1. The first kappa shape index (κ1) is 31.2. The monoisotopic (exact) mass is 541 g/mol. The molecule has 3 atom stereocenters. The summed E-state index contributed by atoms with van der Waals surface area (Å²) >= 11 is 0. The number of amides is 1. The maximum Gasteiger partial charge on any atom is 0.308 e. The van der Waals surface area contributed by atoms with Crippen molar-refractivity contribution in [3.05, 3.63) is 41.5 Å². The highest BCUT2D eigenvalue weighted by Gasteiger charge is 2.48. The van der Waals surface area contributed by atoms with Gasteiger partial charge in [-0.3, -0.25) is 14.5 Å². The molecular formula is C32H51N3O4. The lowest BCUT2D eigenvalue weighted by atomic mass is 9.77. The highest BCUT2D eigenvalue weighted by molar-refractivity contribution is 5.79. The molecule has 1 aromatic rings. The number of benzene rings is 1. The molecule has 1 N–H and O–H groups in total. The van der Waals surface area contributed by atoms with Crippen LogP contribution in [0.1, 0.15) is 76.8 Å². The molecule has 1 amide bonds. The maximum absolute atomic E-state index is 13.7. The minimum atomic E-state index is -0.778. The van der Waals surface area contributed by atoms with Gasteiger partial charge in [-0.05, 0) is 75.9 Å². The lowest BCUT2D eigenvalue weighted by Gasteiger charge is -2.34. The van der Waals surface area contributed by atoms with Gasteiger partial charge in [-0.15, -0.1) is 0 Å². The van der Waals surface area contributed by atoms with Gasteiger partial charge < -0.3 is 19.6 Å². The number of hydrogen-bond acceptors (Lipinski definition) is 5. The van der Waals surface area contributed by atoms with Gasteiger partial charge in [-0.2, -0.15) is 0 Å². The number of aliphatic carboxylic acids is 1. The van der Waals surface area contributed by atoms with Crippen molar-refractivity contribution in [1.82, 2.24) is 14.7 Å². The van der Waals surface area contributed by atoms with Gasteiger partial charge in [0.05, 0.1) is 19.1 Å². The quantitative estimate of drug-likeness (QED) is 0.247. The third-order valence-electron chi connectivity index (χ3n) is 8.28. The summed E-state index contributed by atoms with van der Waals surface area (Å²) in [7, 11) is 4.15. The third-order valence-corrected chi connectivity index (χ3v) is 8.28. The number of rotatable bonds is 15. The van der Waals surface area contributed by atoms with Crippen LogP contribution in [0.3, 0.4) is 0 Å². The van der Waals surface area contributed by atoms with Crippen LogP contribution in [-0.4, -0.2) is 91.2 Å². The van der Waals surface area contributed by atoms with Gasteiger partial charge in [0.1, 0.15) is 5.75 Å². The van der Waals surface area contributed by atoms with Crippen molar-refractivity contribution in [3.63, 3.8) is 0 Å². The van der Waals surface area contributed by atoms with E-state index in [2.05, 4.69) is 56.8 Å². The molecule has 1 aromatic carbocycles. The second-order valence-electron chi connectivity index (χ2n) is 12.4. The molecule has 7 nitrogen and oxygen atoms in total. The molecule has 2 heterocycles. The van der Waals surface area contributed by atoms with Crippen molar-refractivity contribution in [2.24, 2.45) is 11.3 Å². The predicted octanol–water partition coefficient (Wildman–Crippen LogP) is 5.05. The molecule has 0 saturated carbocycles. The third kappa shape index (κ3) is 8.55. The summed E-state index contributed by atoms with van der Waals surface area (Å²) in [5, 5.41) is 10.5. The van der Waals surface area contributed by atoms with Crippen molar-refractivity contribution in [3.8, 4) is 5.75 Å². The molecule has 7 heteroatoms. The van der Waals surface area contributed by atoms with Crippen molar-refractivity contribution < 1.29 is 19.4 Å². The number of carbonyl (C=O) groups excluding carboxylic acids is 1. The molecule has 0 aromatic heterocycles. The van der Waals surface area contributed by atoms with Crippen LogP contribution in [0.4, 0.5) is 0 Å². The Morgan fingerprint density at radius 1 is 1.15 bits per heavy atom. The number of fused-ring (bicyclic) bond motifs is 1. The molecule has 0 spiro atoms. The van der Waals surface area contributed by atoms with Crippen molar-refractivity contribution >= 4 is 11.9 Å². The molecule has 0 radical (unpaired) electrons. The highest BCUT2D eigenvalue weighted by atomic mass is 16.5. The van der Waals surface area contributed by atoms with Crippen molar-refractivity contribution in [2.45, 2.75) is 78.2 Å². The molecule has 3 unspecified atom stereocenters. The molecule has 218 valence electrons. The van der Waals surface area contributed by atoms with Crippen molar-refractivity contribution in [1.29, 1.82) is 0 Å². The Kier molecular flexibility index (Phi) is 11.4. The molecule has 1 fully saturated rings. The molecule has 2 aliphatic rings. The lowest BCUT2D eigenvalue weighted by Crippen LogP contribution is -2.46. The molecule has 1 saturated heterocycles. The Hall–Kier alpha value is -2.38. The molecule has 0 bridgehead atoms. The van der Waals surface area contributed by atoms with Crippen molar-refractivity contribution in [2.75, 3.05) is 53.4 Å². The number of carbonyl (C=O) groups is 2. The van der Waals surface area contributed by atoms with Crippen LogP contribution in [0.5, 0.6) is 5.75 Å². The van der Waals surface area contributed by atoms with Gasteiger partial charge >= 0.3 is 5.97 Å². The van der Waals surface area contributed by atoms with Crippen LogP contribution in [-0.2, 0) is 16.0 Å². The number of nitrogens with zero attached hydrogens (tertiary/aromatic N) is 3. The molecular weight excluding hydrogens is 490 g/mol. The smallest absolute Gasteiger partial charge is 0.308 e. The first-order valence-corrected chi connectivity index (χ1v) is 14.8. The second-order valence-corrected chi connectivity index (χ2v) is 12.4. The fraction of sp³-hybridized carbons (Fsp3) is 0.688. The molecule has 3 rings (SSSR count). The molecule has 2 aliphatic heterocycles. The first-order valence-electron chi connectivity index (χ1n) is 14.8. The SMILES string of the molecule is C/C=C/C(C)(C)CC1C(C(=O)O)C(c2ccc3c(c2)CCO3)CN1CC(=O)N(CCCC)CCCCN(C)C. The van der Waals surface area contributed by atoms with Gasteiger partial charge in [0.15, 0.2) is 0 Å². The normalized spacial score (nSPS) is 21.5. The van der Waals surface area contributed by atoms with E-state index >= 15 is 0 Å². The summed E-state index contributed by atoms with van der Waals surface area (Å²) in [6, 6.07) is 5.93. The second kappa shape index (κ2) is 14.3. The first-order chi connectivity index (χ1) is 18.6. The number of carboxylic acid groups (broad SMARTS) is 1. The Morgan fingerprint density at radius 2 is 1.87 bits per heavy atom. The van der Waals surface area contributed by atoms with Crippen LogP contribution in [0.15, 0.2) is 30.4 Å². The average Bonchev–Trinajstić information content (AvgIpc) is 3.47. The Labute approximate surface area is 236 Å². The average molecular weight is 542 g/mol. The molecule has 39 heavy (non-hydrogen) atoms. The number of ether oxygens (including phenoxy) is 1. The summed E-state index contributed by atoms with van der Waals surface area (Å²) in [5.41, 5.74) is 2.02. The van der Waals surface area contributed by atoms with Gasteiger partial charge in [-0.25, -0.2) is 0 Å². The van der Waals surface area contributed by atoms with Crippen LogP contribution in [0, 0.1) is 11.3 Å². The van der Waals surface area contributed by atoms with E-state index in [4.69, 9.17) is 4.74 Å². The Balaban J connectivity index is 1.86. The minimum absolute atomic E-state index is 0.120. The van der Waals surface area contributed by atoms with Crippen LogP contribution >= 0.6 is 0 Å². The summed E-state index contributed by atoms with van der Waals surface area (Å²) in [6.07, 6.45) is 9.78. The fourth-order valence-corrected chi connectivity index (χ4v) is 6.29. The van der Waals surface area contributed by atoms with Crippen LogP contribution in [0.25, 0.3) is 0 Å². The van der Waals surface area contributed by atoms with E-state index in [0.717, 1.165) is 68.6 Å². The summed E-state index contributed by atoms with van der Waals surface area (Å²) in [4.78, 5) is 33.0. The number of allylic oxidation sites excluding steroid dienone is 2. The van der Waals surface area contributed by atoms with E-state index in [1.54, 1.807) is 0 Å². The standard InChI is InChI=1S/C32H51N3O4/c1-7-9-17-34(18-11-10-16-33(5)6)29(36)23-35-22-26(24-12-13-28-25(20-24)14-19-39-28)30(31(37)38)27(35)21-32(3,4)15-8-2/h8,12-13,15,20,26-27,30H,7,9-11,14,16-19,21-23H2,1-6H3,(H,37,38)/b15-8+. The van der Waals surface area contributed by atoms with Gasteiger partial charge in [-0.1, -0.05) is 51.5 Å². The van der Waals surface area contributed by atoms with E-state index in [-0.39, 0.29) is 29.8 Å². The largest absolute Gasteiger partial charge is 0.493 e. The van der Waals surface area contributed by atoms with E-state index in [0.29, 0.717) is 19.6 Å². The van der Waals surface area contributed by atoms with Gasteiger partial charge in [0, 0.05) is 38.0 Å². The maximum atomic E-state index is 13.7. The fourth-order valence-electron chi connectivity index (χ4n) is 6.29. The zero-order valence-corrected chi connectivity index (χ0v) is 25.1. The Bertz CT molecular complexity index is 990. The topological polar surface area (TPSA) is 73.3 Å². The van der Waals surface area contributed by atoms with E-state index in [1.807, 2.05) is 30.0 Å². The van der Waals surface area contributed by atoms with Gasteiger partial charge in [0.2, 0.25) is 5.91 Å². The molecule has 0 aliphatic carbocycles. The summed E-state index contributed by atoms with van der Waals surface area (Å²) in [6.45, 7) is 12.5. The van der Waals surface area contributed by atoms with Crippen LogP contribution in [0.2, 0.25) is 0 Å². The number of likely N-dealkylation sites (tertiary alicyclic amines) is 1. The minimum Gasteiger partial charge on any atom is -0.493 e. The number of hydrogen-bond donors (Lipinski definition) is 1.